The van der Waals surface area contributed by atoms with Crippen molar-refractivity contribution >= 4 is 0 Å². The number of hydrogen-bond donors (Lipinski definition) is 1. The van der Waals surface area contributed by atoms with Crippen molar-refractivity contribution < 1.29 is 8.91 Å². The number of nitrogens with zero attached hydrogens (tertiary/aromatic N) is 2. The average Bonchev–Trinajstić information content (AvgIpc) is 2.89. The Morgan fingerprint density at radius 1 is 1.25 bits per heavy atom. The second kappa shape index (κ2) is 6.13. The smallest absolute Gasteiger partial charge is 0.240 e. The fourth-order valence-electron chi connectivity index (χ4n) is 1.95. The monoisotopic (exact) mass is 277 g/mol. The molecule has 0 saturated heterocycles. The third kappa shape index (κ3) is 3.22. The van der Waals surface area contributed by atoms with Crippen LogP contribution in [0.5, 0.6) is 0 Å². The normalized spacial score (nSPS) is 11.8. The summed E-state index contributed by atoms with van der Waals surface area (Å²) < 4.78 is 18.2. The van der Waals surface area contributed by atoms with Crippen molar-refractivity contribution in [3.8, 4) is 0 Å². The topological polar surface area (TPSA) is 51.0 Å². The SMILES string of the molecule is CCCNCc1nc(C(C)(C)c2ccc(F)cc2)no1. The summed E-state index contributed by atoms with van der Waals surface area (Å²) in [5.74, 6) is 0.933. The molecule has 0 fully saturated rings. The van der Waals surface area contributed by atoms with Crippen molar-refractivity contribution in [1.82, 2.24) is 15.5 Å². The van der Waals surface area contributed by atoms with Crippen molar-refractivity contribution in [2.45, 2.75) is 39.2 Å². The summed E-state index contributed by atoms with van der Waals surface area (Å²) in [5, 5.41) is 7.26. The zero-order valence-electron chi connectivity index (χ0n) is 12.1. The minimum atomic E-state index is -0.416. The van der Waals surface area contributed by atoms with Crippen molar-refractivity contribution in [2.24, 2.45) is 0 Å². The Morgan fingerprint density at radius 2 is 1.95 bits per heavy atom. The van der Waals surface area contributed by atoms with Gasteiger partial charge in [0.25, 0.3) is 0 Å². The minimum absolute atomic E-state index is 0.248. The van der Waals surface area contributed by atoms with Gasteiger partial charge in [0.15, 0.2) is 5.82 Å². The standard InChI is InChI=1S/C15H20FN3O/c1-4-9-17-10-13-18-14(19-20-13)15(2,3)11-5-7-12(16)8-6-11/h5-8,17H,4,9-10H2,1-3H3. The lowest BCUT2D eigenvalue weighted by Gasteiger charge is -2.20. The lowest BCUT2D eigenvalue weighted by molar-refractivity contribution is 0.357. The van der Waals surface area contributed by atoms with Gasteiger partial charge in [-0.3, -0.25) is 0 Å². The van der Waals surface area contributed by atoms with Gasteiger partial charge in [-0.05, 0) is 44.5 Å². The molecule has 0 saturated carbocycles. The summed E-state index contributed by atoms with van der Waals surface area (Å²) in [6.07, 6.45) is 1.06. The van der Waals surface area contributed by atoms with E-state index < -0.39 is 5.41 Å². The molecule has 0 bridgehead atoms. The van der Waals surface area contributed by atoms with E-state index in [4.69, 9.17) is 4.52 Å². The Labute approximate surface area is 118 Å². The molecule has 108 valence electrons. The summed E-state index contributed by atoms with van der Waals surface area (Å²) in [5.41, 5.74) is 0.535. The summed E-state index contributed by atoms with van der Waals surface area (Å²) in [4.78, 5) is 4.42. The molecule has 0 aliphatic carbocycles. The highest BCUT2D eigenvalue weighted by molar-refractivity contribution is 5.30. The van der Waals surface area contributed by atoms with Gasteiger partial charge in [0.2, 0.25) is 5.89 Å². The molecule has 1 N–H and O–H groups in total. The van der Waals surface area contributed by atoms with Crippen LogP contribution >= 0.6 is 0 Å². The van der Waals surface area contributed by atoms with E-state index in [0.717, 1.165) is 18.5 Å². The first-order chi connectivity index (χ1) is 9.54. The maximum absolute atomic E-state index is 13.0. The first-order valence-corrected chi connectivity index (χ1v) is 6.84. The predicted molar refractivity (Wildman–Crippen MR) is 74.8 cm³/mol. The van der Waals surface area contributed by atoms with Gasteiger partial charge in [-0.2, -0.15) is 4.98 Å². The van der Waals surface area contributed by atoms with Crippen LogP contribution in [-0.2, 0) is 12.0 Å². The van der Waals surface area contributed by atoms with Crippen LogP contribution < -0.4 is 5.32 Å². The molecule has 2 aromatic rings. The Morgan fingerprint density at radius 3 is 2.60 bits per heavy atom. The molecule has 0 aliphatic rings. The van der Waals surface area contributed by atoms with Crippen LogP contribution in [0.1, 0.15) is 44.5 Å². The number of rotatable bonds is 6. The lowest BCUT2D eigenvalue weighted by atomic mass is 9.84. The zero-order valence-corrected chi connectivity index (χ0v) is 12.1. The van der Waals surface area contributed by atoms with Gasteiger partial charge in [0.1, 0.15) is 5.82 Å². The van der Waals surface area contributed by atoms with Crippen LogP contribution in [0.2, 0.25) is 0 Å². The largest absolute Gasteiger partial charge is 0.338 e. The zero-order chi connectivity index (χ0) is 14.6. The van der Waals surface area contributed by atoms with Crippen LogP contribution in [0.15, 0.2) is 28.8 Å². The van der Waals surface area contributed by atoms with E-state index >= 15 is 0 Å². The van der Waals surface area contributed by atoms with Crippen molar-refractivity contribution in [3.05, 3.63) is 47.4 Å². The Kier molecular flexibility index (Phi) is 4.49. The molecule has 2 rings (SSSR count). The highest BCUT2D eigenvalue weighted by Crippen LogP contribution is 2.29. The lowest BCUT2D eigenvalue weighted by Crippen LogP contribution is -2.21. The molecule has 0 amide bonds. The summed E-state index contributed by atoms with van der Waals surface area (Å²) in [6.45, 7) is 7.58. The van der Waals surface area contributed by atoms with Crippen LogP contribution in [-0.4, -0.2) is 16.7 Å². The number of hydrogen-bond acceptors (Lipinski definition) is 4. The number of aromatic nitrogens is 2. The Hall–Kier alpha value is -1.75. The van der Waals surface area contributed by atoms with Gasteiger partial charge in [0.05, 0.1) is 12.0 Å². The van der Waals surface area contributed by atoms with Crippen molar-refractivity contribution in [3.63, 3.8) is 0 Å². The molecular formula is C15H20FN3O. The van der Waals surface area contributed by atoms with E-state index in [9.17, 15) is 4.39 Å². The third-order valence-electron chi connectivity index (χ3n) is 3.30. The molecule has 0 spiro atoms. The van der Waals surface area contributed by atoms with Crippen molar-refractivity contribution in [1.29, 1.82) is 0 Å². The molecule has 0 unspecified atom stereocenters. The predicted octanol–water partition coefficient (Wildman–Crippen LogP) is 3.03. The highest BCUT2D eigenvalue weighted by atomic mass is 19.1. The molecule has 5 heteroatoms. The number of halogens is 1. The average molecular weight is 277 g/mol. The second-order valence-corrected chi connectivity index (χ2v) is 5.32. The molecule has 0 atom stereocenters. The van der Waals surface area contributed by atoms with Crippen LogP contribution in [0.3, 0.4) is 0 Å². The molecule has 4 nitrogen and oxygen atoms in total. The summed E-state index contributed by atoms with van der Waals surface area (Å²) >= 11 is 0. The highest BCUT2D eigenvalue weighted by Gasteiger charge is 2.28. The van der Waals surface area contributed by atoms with E-state index in [0.29, 0.717) is 18.3 Å². The van der Waals surface area contributed by atoms with E-state index in [1.807, 2.05) is 13.8 Å². The molecule has 1 aromatic carbocycles. The van der Waals surface area contributed by atoms with Gasteiger partial charge in [-0.25, -0.2) is 4.39 Å². The summed E-state index contributed by atoms with van der Waals surface area (Å²) in [6, 6.07) is 6.39. The quantitative estimate of drug-likeness (QED) is 0.825. The number of benzene rings is 1. The molecule has 1 heterocycles. The Bertz CT molecular complexity index is 549. The number of nitrogens with one attached hydrogen (secondary N) is 1. The maximum atomic E-state index is 13.0. The van der Waals surface area contributed by atoms with Gasteiger partial charge >= 0.3 is 0 Å². The van der Waals surface area contributed by atoms with Crippen LogP contribution in [0.25, 0.3) is 0 Å². The Balaban J connectivity index is 2.15. The van der Waals surface area contributed by atoms with Gasteiger partial charge in [-0.1, -0.05) is 24.2 Å². The van der Waals surface area contributed by atoms with E-state index in [2.05, 4.69) is 22.4 Å². The maximum Gasteiger partial charge on any atom is 0.240 e. The van der Waals surface area contributed by atoms with E-state index in [1.54, 1.807) is 12.1 Å². The van der Waals surface area contributed by atoms with Crippen LogP contribution in [0.4, 0.5) is 4.39 Å². The van der Waals surface area contributed by atoms with E-state index in [1.165, 1.54) is 12.1 Å². The van der Waals surface area contributed by atoms with Gasteiger partial charge in [0, 0.05) is 0 Å². The first kappa shape index (κ1) is 14.7. The molecule has 1 aromatic heterocycles. The molecule has 20 heavy (non-hydrogen) atoms. The first-order valence-electron chi connectivity index (χ1n) is 6.84. The van der Waals surface area contributed by atoms with Crippen molar-refractivity contribution in [2.75, 3.05) is 6.54 Å². The fourth-order valence-corrected chi connectivity index (χ4v) is 1.95. The van der Waals surface area contributed by atoms with E-state index in [-0.39, 0.29) is 5.82 Å². The summed E-state index contributed by atoms with van der Waals surface area (Å²) in [7, 11) is 0. The molecule has 0 radical (unpaired) electrons. The second-order valence-electron chi connectivity index (χ2n) is 5.32. The van der Waals surface area contributed by atoms with Gasteiger partial charge in [-0.15, -0.1) is 0 Å². The fraction of sp³-hybridized carbons (Fsp3) is 0.467. The van der Waals surface area contributed by atoms with Crippen LogP contribution in [0, 0.1) is 5.82 Å². The molecular weight excluding hydrogens is 257 g/mol. The molecule has 0 aliphatic heterocycles. The minimum Gasteiger partial charge on any atom is -0.338 e. The third-order valence-corrected chi connectivity index (χ3v) is 3.30. The van der Waals surface area contributed by atoms with Gasteiger partial charge < -0.3 is 9.84 Å².